The molecular weight excluding hydrogens is 316 g/mol. The van der Waals surface area contributed by atoms with E-state index >= 15 is 0 Å². The Kier molecular flexibility index (Phi) is 5.08. The molecule has 0 aliphatic carbocycles. The lowest BCUT2D eigenvalue weighted by Crippen LogP contribution is -2.50. The zero-order chi connectivity index (χ0) is 17.3. The van der Waals surface area contributed by atoms with Crippen LogP contribution in [0.1, 0.15) is 39.0 Å². The van der Waals surface area contributed by atoms with E-state index in [1.807, 2.05) is 4.90 Å². The van der Waals surface area contributed by atoms with Crippen LogP contribution in [0.2, 0.25) is 0 Å². The van der Waals surface area contributed by atoms with Crippen molar-refractivity contribution >= 4 is 11.8 Å². The molecule has 136 valence electrons. The van der Waals surface area contributed by atoms with Crippen molar-refractivity contribution in [1.82, 2.24) is 15.1 Å². The Morgan fingerprint density at radius 3 is 2.04 bits per heavy atom. The summed E-state index contributed by atoms with van der Waals surface area (Å²) in [5.74, 6) is -2.17. The number of likely N-dealkylation sites (tertiary alicyclic amines) is 2. The molecule has 3 aliphatic heterocycles. The summed E-state index contributed by atoms with van der Waals surface area (Å²) < 4.78 is 26.5. The topological polar surface area (TPSA) is 52.7 Å². The van der Waals surface area contributed by atoms with Gasteiger partial charge in [0.15, 0.2) is 0 Å². The first kappa shape index (κ1) is 17.6. The molecule has 0 aromatic heterocycles. The molecule has 3 heterocycles. The van der Waals surface area contributed by atoms with Gasteiger partial charge in [-0.1, -0.05) is 6.92 Å². The van der Waals surface area contributed by atoms with E-state index in [0.29, 0.717) is 31.8 Å². The van der Waals surface area contributed by atoms with E-state index in [-0.39, 0.29) is 17.7 Å². The number of nitrogens with zero attached hydrogens (tertiary/aromatic N) is 2. The highest BCUT2D eigenvalue weighted by atomic mass is 19.3. The SMILES string of the molecule is CC1CCN(C(=O)C2CCN(C(=O)C3CC(F)(F)CN3)CC2)CC1. The molecule has 0 spiro atoms. The van der Waals surface area contributed by atoms with E-state index in [0.717, 1.165) is 25.9 Å². The number of halogens is 2. The van der Waals surface area contributed by atoms with Crippen LogP contribution in [0.25, 0.3) is 0 Å². The number of alkyl halides is 2. The summed E-state index contributed by atoms with van der Waals surface area (Å²) in [5, 5.41) is 2.62. The molecule has 0 radical (unpaired) electrons. The van der Waals surface area contributed by atoms with Crippen molar-refractivity contribution in [1.29, 1.82) is 0 Å². The number of piperidine rings is 2. The largest absolute Gasteiger partial charge is 0.342 e. The number of nitrogens with one attached hydrogen (secondary N) is 1. The lowest BCUT2D eigenvalue weighted by atomic mass is 9.92. The van der Waals surface area contributed by atoms with Gasteiger partial charge in [0.25, 0.3) is 5.92 Å². The smallest absolute Gasteiger partial charge is 0.262 e. The summed E-state index contributed by atoms with van der Waals surface area (Å²) in [6.45, 7) is 4.44. The van der Waals surface area contributed by atoms with Crippen LogP contribution < -0.4 is 5.32 Å². The number of carbonyl (C=O) groups excluding carboxylic acids is 2. The van der Waals surface area contributed by atoms with Gasteiger partial charge < -0.3 is 9.80 Å². The Hall–Kier alpha value is -1.24. The quantitative estimate of drug-likeness (QED) is 0.826. The lowest BCUT2D eigenvalue weighted by Gasteiger charge is -2.37. The third-order valence-electron chi connectivity index (χ3n) is 5.66. The van der Waals surface area contributed by atoms with Crippen LogP contribution in [0.15, 0.2) is 0 Å². The maximum absolute atomic E-state index is 13.2. The van der Waals surface area contributed by atoms with Crippen molar-refractivity contribution in [2.45, 2.75) is 51.0 Å². The van der Waals surface area contributed by atoms with E-state index < -0.39 is 24.9 Å². The molecule has 0 bridgehead atoms. The molecule has 7 heteroatoms. The van der Waals surface area contributed by atoms with E-state index in [1.165, 1.54) is 0 Å². The zero-order valence-corrected chi connectivity index (χ0v) is 14.3. The van der Waals surface area contributed by atoms with Crippen LogP contribution in [0.3, 0.4) is 0 Å². The predicted molar refractivity (Wildman–Crippen MR) is 85.6 cm³/mol. The van der Waals surface area contributed by atoms with Gasteiger partial charge in [-0.15, -0.1) is 0 Å². The van der Waals surface area contributed by atoms with Gasteiger partial charge in [0, 0.05) is 38.5 Å². The summed E-state index contributed by atoms with van der Waals surface area (Å²) in [7, 11) is 0. The van der Waals surface area contributed by atoms with Crippen molar-refractivity contribution in [2.75, 3.05) is 32.7 Å². The van der Waals surface area contributed by atoms with Crippen LogP contribution in [-0.2, 0) is 9.59 Å². The highest BCUT2D eigenvalue weighted by molar-refractivity contribution is 5.83. The Balaban J connectivity index is 1.47. The highest BCUT2D eigenvalue weighted by Gasteiger charge is 2.44. The Bertz CT molecular complexity index is 484. The van der Waals surface area contributed by atoms with Gasteiger partial charge in [0.05, 0.1) is 12.6 Å². The molecule has 3 fully saturated rings. The molecule has 0 aromatic carbocycles. The van der Waals surface area contributed by atoms with Crippen molar-refractivity contribution in [2.24, 2.45) is 11.8 Å². The van der Waals surface area contributed by atoms with Crippen molar-refractivity contribution in [3.05, 3.63) is 0 Å². The molecule has 3 aliphatic rings. The summed E-state index contributed by atoms with van der Waals surface area (Å²) in [6.07, 6.45) is 2.98. The first-order valence-electron chi connectivity index (χ1n) is 9.04. The average Bonchev–Trinajstić information content (AvgIpc) is 2.94. The van der Waals surface area contributed by atoms with Crippen LogP contribution in [-0.4, -0.2) is 66.3 Å². The third kappa shape index (κ3) is 3.87. The molecule has 0 aromatic rings. The van der Waals surface area contributed by atoms with E-state index in [4.69, 9.17) is 0 Å². The number of amides is 2. The van der Waals surface area contributed by atoms with Crippen LogP contribution in [0.5, 0.6) is 0 Å². The molecule has 5 nitrogen and oxygen atoms in total. The van der Waals surface area contributed by atoms with Gasteiger partial charge in [-0.05, 0) is 31.6 Å². The third-order valence-corrected chi connectivity index (χ3v) is 5.66. The minimum Gasteiger partial charge on any atom is -0.342 e. The fraction of sp³-hybridized carbons (Fsp3) is 0.882. The van der Waals surface area contributed by atoms with Crippen LogP contribution in [0, 0.1) is 11.8 Å². The normalized spacial score (nSPS) is 29.0. The lowest BCUT2D eigenvalue weighted by molar-refractivity contribution is -0.142. The van der Waals surface area contributed by atoms with E-state index in [2.05, 4.69) is 12.2 Å². The molecule has 1 atom stereocenters. The second-order valence-corrected chi connectivity index (χ2v) is 7.60. The summed E-state index contributed by atoms with van der Waals surface area (Å²) in [5.41, 5.74) is 0. The van der Waals surface area contributed by atoms with E-state index in [1.54, 1.807) is 4.90 Å². The summed E-state index contributed by atoms with van der Waals surface area (Å²) in [4.78, 5) is 28.5. The molecule has 1 unspecified atom stereocenters. The number of hydrogen-bond acceptors (Lipinski definition) is 3. The molecular formula is C17H27F2N3O2. The Morgan fingerprint density at radius 2 is 1.50 bits per heavy atom. The Labute approximate surface area is 141 Å². The first-order valence-corrected chi connectivity index (χ1v) is 9.04. The predicted octanol–water partition coefficient (Wildman–Crippen LogP) is 1.48. The van der Waals surface area contributed by atoms with Crippen molar-refractivity contribution in [3.63, 3.8) is 0 Å². The Morgan fingerprint density at radius 1 is 0.958 bits per heavy atom. The van der Waals surface area contributed by atoms with Gasteiger partial charge in [0.2, 0.25) is 11.8 Å². The number of hydrogen-bond donors (Lipinski definition) is 1. The van der Waals surface area contributed by atoms with Gasteiger partial charge in [-0.25, -0.2) is 8.78 Å². The van der Waals surface area contributed by atoms with Gasteiger partial charge >= 0.3 is 0 Å². The maximum atomic E-state index is 13.2. The van der Waals surface area contributed by atoms with Crippen LogP contribution in [0.4, 0.5) is 8.78 Å². The second-order valence-electron chi connectivity index (χ2n) is 7.60. The number of carbonyl (C=O) groups is 2. The monoisotopic (exact) mass is 343 g/mol. The van der Waals surface area contributed by atoms with Gasteiger partial charge in [-0.3, -0.25) is 14.9 Å². The van der Waals surface area contributed by atoms with Crippen molar-refractivity contribution in [3.8, 4) is 0 Å². The zero-order valence-electron chi connectivity index (χ0n) is 14.3. The van der Waals surface area contributed by atoms with Crippen LogP contribution >= 0.6 is 0 Å². The molecule has 3 saturated heterocycles. The van der Waals surface area contributed by atoms with Crippen molar-refractivity contribution < 1.29 is 18.4 Å². The van der Waals surface area contributed by atoms with Gasteiger partial charge in [-0.2, -0.15) is 0 Å². The minimum absolute atomic E-state index is 0.0274. The standard InChI is InChI=1S/C17H27F2N3O2/c1-12-2-6-21(7-3-12)15(23)13-4-8-22(9-5-13)16(24)14-10-17(18,19)11-20-14/h12-14,20H,2-11H2,1H3. The average molecular weight is 343 g/mol. The first-order chi connectivity index (χ1) is 11.4. The van der Waals surface area contributed by atoms with Gasteiger partial charge in [0.1, 0.15) is 0 Å². The summed E-state index contributed by atoms with van der Waals surface area (Å²) in [6, 6.07) is -0.782. The summed E-state index contributed by atoms with van der Waals surface area (Å²) >= 11 is 0. The number of rotatable bonds is 2. The minimum atomic E-state index is -2.79. The highest BCUT2D eigenvalue weighted by Crippen LogP contribution is 2.28. The second kappa shape index (κ2) is 6.94. The van der Waals surface area contributed by atoms with E-state index in [9.17, 15) is 18.4 Å². The fourth-order valence-electron chi connectivity index (χ4n) is 3.94. The molecule has 24 heavy (non-hydrogen) atoms. The molecule has 3 rings (SSSR count). The maximum Gasteiger partial charge on any atom is 0.262 e. The molecule has 1 N–H and O–H groups in total. The molecule has 0 saturated carbocycles. The fourth-order valence-corrected chi connectivity index (χ4v) is 3.94. The molecule has 2 amide bonds.